The van der Waals surface area contributed by atoms with E-state index in [0.717, 1.165) is 0 Å². The molecule has 0 amide bonds. The summed E-state index contributed by atoms with van der Waals surface area (Å²) in [6, 6.07) is 0. The molecule has 56 valence electrons. The van der Waals surface area contributed by atoms with Crippen LogP contribution in [0.1, 0.15) is 26.3 Å². The zero-order valence-electron chi connectivity index (χ0n) is 7.34. The highest BCUT2D eigenvalue weighted by atomic mass is 16.5. The Balaban J connectivity index is 3.25. The van der Waals surface area contributed by atoms with E-state index in [1.165, 1.54) is 6.20 Å². The molecule has 0 saturated heterocycles. The Morgan fingerprint density at radius 3 is 2.50 bits per heavy atom. The van der Waals surface area contributed by atoms with Gasteiger partial charge in [0.25, 0.3) is 0 Å². The fourth-order valence-corrected chi connectivity index (χ4v) is 0.729. The molecular weight excluding hydrogens is 130 g/mol. The van der Waals surface area contributed by atoms with Crippen LogP contribution in [0.2, 0.25) is 1.41 Å². The molecule has 10 heavy (non-hydrogen) atoms. The summed E-state index contributed by atoms with van der Waals surface area (Å²) in [7, 11) is 0. The molecule has 0 spiro atoms. The number of aromatic nitrogens is 1. The molecule has 1 aromatic rings. The average molecular weight is 142 g/mol. The van der Waals surface area contributed by atoms with Crippen LogP contribution in [-0.2, 0) is 5.41 Å². The second-order valence-corrected chi connectivity index (χ2v) is 3.28. The molecule has 0 fully saturated rings. The highest BCUT2D eigenvalue weighted by Gasteiger charge is 2.19. The largest absolute Gasteiger partial charge is 0.360 e. The van der Waals surface area contributed by atoms with Crippen LogP contribution in [0.25, 0.3) is 0 Å². The van der Waals surface area contributed by atoms with E-state index in [1.807, 2.05) is 20.8 Å². The lowest BCUT2D eigenvalue weighted by Crippen LogP contribution is -2.18. The van der Waals surface area contributed by atoms with Gasteiger partial charge in [-0.05, 0) is 5.41 Å². The number of aromatic amines is 1. The Hall–Kier alpha value is -0.990. The number of hydrogen-bond donors (Lipinski definition) is 1. The van der Waals surface area contributed by atoms with Crippen LogP contribution in [-0.4, -0.2) is 5.15 Å². The minimum absolute atomic E-state index is 0.243. The van der Waals surface area contributed by atoms with E-state index in [2.05, 4.69) is 4.52 Å². The molecule has 0 saturated carbocycles. The summed E-state index contributed by atoms with van der Waals surface area (Å²) < 4.78 is 11.5. The van der Waals surface area contributed by atoms with Crippen molar-refractivity contribution in [1.29, 1.82) is 0 Å². The van der Waals surface area contributed by atoms with E-state index >= 15 is 0 Å². The van der Waals surface area contributed by atoms with Crippen LogP contribution in [0, 0.1) is 0 Å². The zero-order chi connectivity index (χ0) is 8.65. The molecule has 1 N–H and O–H groups in total. The van der Waals surface area contributed by atoms with Crippen LogP contribution in [0.3, 0.4) is 0 Å². The van der Waals surface area contributed by atoms with E-state index in [9.17, 15) is 4.79 Å². The third-order valence-corrected chi connectivity index (χ3v) is 1.35. The molecule has 0 aliphatic rings. The third-order valence-electron chi connectivity index (χ3n) is 1.35. The Kier molecular flexibility index (Phi) is 1.16. The molecule has 3 heteroatoms. The molecular formula is C7H11NO2. The Labute approximate surface area is 60.5 Å². The first-order valence-corrected chi connectivity index (χ1v) is 3.14. The lowest BCUT2D eigenvalue weighted by atomic mass is 9.90. The van der Waals surface area contributed by atoms with Gasteiger partial charge in [0, 0.05) is 6.20 Å². The van der Waals surface area contributed by atoms with Gasteiger partial charge in [0.1, 0.15) is 0 Å². The Bertz CT molecular complexity index is 305. The first-order chi connectivity index (χ1) is 4.91. The second kappa shape index (κ2) is 2.01. The fourth-order valence-electron chi connectivity index (χ4n) is 0.729. The molecule has 0 aliphatic carbocycles. The van der Waals surface area contributed by atoms with E-state index in [4.69, 9.17) is 1.41 Å². The first-order valence-electron chi connectivity index (χ1n) is 3.58. The molecule has 1 aromatic heterocycles. The summed E-state index contributed by atoms with van der Waals surface area (Å²) in [6.45, 7) is 5.71. The van der Waals surface area contributed by atoms with Crippen molar-refractivity contribution in [2.75, 3.05) is 0 Å². The monoisotopic (exact) mass is 142 g/mol. The number of nitrogens with one attached hydrogen (secondary N) is 1. The SMILES string of the molecule is [2H]n1cc(C(C)(C)C)c(=O)o1. The fraction of sp³-hybridized carbons (Fsp3) is 0.571. The van der Waals surface area contributed by atoms with Gasteiger partial charge < -0.3 is 4.52 Å². The topological polar surface area (TPSA) is 46.0 Å². The highest BCUT2D eigenvalue weighted by Crippen LogP contribution is 2.16. The van der Waals surface area contributed by atoms with Crippen molar-refractivity contribution >= 4 is 0 Å². The van der Waals surface area contributed by atoms with Crippen LogP contribution < -0.4 is 5.63 Å². The van der Waals surface area contributed by atoms with Gasteiger partial charge in [-0.15, -0.1) is 0 Å². The maximum absolute atomic E-state index is 11.0. The van der Waals surface area contributed by atoms with E-state index in [1.54, 1.807) is 0 Å². The van der Waals surface area contributed by atoms with E-state index in [0.29, 0.717) is 10.7 Å². The third kappa shape index (κ3) is 1.12. The van der Waals surface area contributed by atoms with Gasteiger partial charge in [-0.1, -0.05) is 20.8 Å². The standard InChI is InChI=1S/C7H11NO2/c1-7(2,3)5-4-8-10-6(5)9/h4,8H,1-3H3/i/hD. The summed E-state index contributed by atoms with van der Waals surface area (Å²) in [5.41, 5.74) is -0.132. The van der Waals surface area contributed by atoms with Gasteiger partial charge in [0.15, 0.2) is 0 Å². The summed E-state index contributed by atoms with van der Waals surface area (Å²) in [4.78, 5) is 11.0. The summed E-state index contributed by atoms with van der Waals surface area (Å²) >= 11 is 0. The molecule has 0 unspecified atom stereocenters. The minimum atomic E-state index is -0.424. The van der Waals surface area contributed by atoms with Gasteiger partial charge in [-0.3, -0.25) is 0 Å². The van der Waals surface area contributed by atoms with Crippen LogP contribution in [0.5, 0.6) is 0 Å². The molecule has 0 atom stereocenters. The molecule has 1 heterocycles. The number of hydrogen-bond acceptors (Lipinski definition) is 2. The average Bonchev–Trinajstić information content (AvgIpc) is 2.08. The van der Waals surface area contributed by atoms with Crippen LogP contribution >= 0.6 is 0 Å². The molecule has 3 nitrogen and oxygen atoms in total. The summed E-state index contributed by atoms with van der Waals surface area (Å²) in [5.74, 6) is 0. The van der Waals surface area contributed by atoms with E-state index in [-0.39, 0.29) is 5.41 Å². The highest BCUT2D eigenvalue weighted by molar-refractivity contribution is 5.12. The first kappa shape index (κ1) is 5.77. The van der Waals surface area contributed by atoms with Crippen molar-refractivity contribution in [1.82, 2.24) is 5.15 Å². The minimum Gasteiger partial charge on any atom is -0.339 e. The summed E-state index contributed by atoms with van der Waals surface area (Å²) in [6.07, 6.45) is 1.39. The number of rotatable bonds is 0. The second-order valence-electron chi connectivity index (χ2n) is 3.28. The molecule has 0 aromatic carbocycles. The van der Waals surface area contributed by atoms with E-state index < -0.39 is 5.63 Å². The quantitative estimate of drug-likeness (QED) is 0.592. The van der Waals surface area contributed by atoms with Crippen molar-refractivity contribution < 1.29 is 5.93 Å². The molecule has 0 aliphatic heterocycles. The van der Waals surface area contributed by atoms with Crippen molar-refractivity contribution in [3.63, 3.8) is 0 Å². The Morgan fingerprint density at radius 1 is 1.70 bits per heavy atom. The molecule has 1 rings (SSSR count). The van der Waals surface area contributed by atoms with Gasteiger partial charge >= 0.3 is 5.63 Å². The molecule has 0 radical (unpaired) electrons. The van der Waals surface area contributed by atoms with Crippen molar-refractivity contribution in [3.8, 4) is 0 Å². The van der Waals surface area contributed by atoms with Crippen molar-refractivity contribution in [3.05, 3.63) is 22.2 Å². The van der Waals surface area contributed by atoms with Crippen molar-refractivity contribution in [2.45, 2.75) is 26.2 Å². The predicted octanol–water partition coefficient (Wildman–Crippen LogP) is 1.27. The summed E-state index contributed by atoms with van der Waals surface area (Å²) in [5, 5.41) is 0.683. The molecule has 0 bridgehead atoms. The maximum atomic E-state index is 11.0. The number of H-pyrrole nitrogens is 1. The van der Waals surface area contributed by atoms with Gasteiger partial charge in [0.05, 0.1) is 5.56 Å². The van der Waals surface area contributed by atoms with Crippen molar-refractivity contribution in [2.24, 2.45) is 0 Å². The van der Waals surface area contributed by atoms with Crippen LogP contribution in [0.4, 0.5) is 0 Å². The smallest absolute Gasteiger partial charge is 0.339 e. The van der Waals surface area contributed by atoms with Gasteiger partial charge in [-0.25, -0.2) is 9.94 Å². The zero-order valence-corrected chi connectivity index (χ0v) is 6.34. The Morgan fingerprint density at radius 2 is 2.30 bits per heavy atom. The van der Waals surface area contributed by atoms with Gasteiger partial charge in [-0.2, -0.15) is 0 Å². The van der Waals surface area contributed by atoms with Gasteiger partial charge in [0.2, 0.25) is 1.41 Å². The lowest BCUT2D eigenvalue weighted by Gasteiger charge is -2.12. The van der Waals surface area contributed by atoms with Crippen LogP contribution in [0.15, 0.2) is 15.5 Å². The maximum Gasteiger partial charge on any atom is 0.360 e. The predicted molar refractivity (Wildman–Crippen MR) is 38.0 cm³/mol. The lowest BCUT2D eigenvalue weighted by molar-refractivity contribution is 0.386. The normalized spacial score (nSPS) is 13.3.